The van der Waals surface area contributed by atoms with Gasteiger partial charge in [-0.1, -0.05) is 150 Å². The van der Waals surface area contributed by atoms with E-state index in [9.17, 15) is 9.59 Å². The van der Waals surface area contributed by atoms with Gasteiger partial charge in [0.05, 0.1) is 19.1 Å². The minimum atomic E-state index is -0.00988. The van der Waals surface area contributed by atoms with Gasteiger partial charge >= 0.3 is 11.9 Å². The van der Waals surface area contributed by atoms with Crippen LogP contribution in [-0.2, 0) is 19.1 Å². The molecule has 0 fully saturated rings. The molecule has 1 atom stereocenters. The monoisotopic (exact) mass is 538 g/mol. The Labute approximate surface area is 237 Å². The van der Waals surface area contributed by atoms with Crippen molar-refractivity contribution in [3.63, 3.8) is 0 Å². The molecular formula is C34H66O4. The topological polar surface area (TPSA) is 52.6 Å². The summed E-state index contributed by atoms with van der Waals surface area (Å²) >= 11 is 0. The lowest BCUT2D eigenvalue weighted by atomic mass is 9.90. The van der Waals surface area contributed by atoms with Crippen LogP contribution in [0.4, 0.5) is 0 Å². The summed E-state index contributed by atoms with van der Waals surface area (Å²) in [6.07, 6.45) is 28.3. The maximum absolute atomic E-state index is 12.5. The van der Waals surface area contributed by atoms with Crippen LogP contribution in [0, 0.1) is 11.8 Å². The maximum atomic E-state index is 12.5. The average molecular weight is 539 g/mol. The highest BCUT2D eigenvalue weighted by molar-refractivity contribution is 5.72. The van der Waals surface area contributed by atoms with E-state index in [0.29, 0.717) is 25.6 Å². The molecule has 0 aromatic heterocycles. The van der Waals surface area contributed by atoms with Gasteiger partial charge in [0.25, 0.3) is 0 Å². The van der Waals surface area contributed by atoms with E-state index in [1.54, 1.807) is 0 Å². The molecule has 0 aliphatic rings. The molecule has 0 saturated carbocycles. The van der Waals surface area contributed by atoms with E-state index >= 15 is 0 Å². The van der Waals surface area contributed by atoms with Crippen LogP contribution in [0.15, 0.2) is 0 Å². The minimum absolute atomic E-state index is 0.00988. The van der Waals surface area contributed by atoms with Crippen molar-refractivity contribution in [1.82, 2.24) is 0 Å². The Balaban J connectivity index is 3.53. The molecule has 4 nitrogen and oxygen atoms in total. The summed E-state index contributed by atoms with van der Waals surface area (Å²) in [7, 11) is 0. The Bertz CT molecular complexity index is 517. The second-order valence-electron chi connectivity index (χ2n) is 11.8. The fourth-order valence-electron chi connectivity index (χ4n) is 5.07. The predicted molar refractivity (Wildman–Crippen MR) is 162 cm³/mol. The maximum Gasteiger partial charge on any atom is 0.309 e. The Hall–Kier alpha value is -1.06. The second kappa shape index (κ2) is 28.9. The quantitative estimate of drug-likeness (QED) is 0.0702. The summed E-state index contributed by atoms with van der Waals surface area (Å²) < 4.78 is 11.0. The molecule has 0 radical (unpaired) electrons. The van der Waals surface area contributed by atoms with Crippen molar-refractivity contribution in [3.05, 3.63) is 0 Å². The molecule has 0 aliphatic heterocycles. The average Bonchev–Trinajstić information content (AvgIpc) is 2.90. The van der Waals surface area contributed by atoms with Crippen LogP contribution in [0.25, 0.3) is 0 Å². The van der Waals surface area contributed by atoms with E-state index in [4.69, 9.17) is 9.47 Å². The highest BCUT2D eigenvalue weighted by Gasteiger charge is 2.23. The zero-order valence-corrected chi connectivity index (χ0v) is 26.2. The molecule has 4 heteroatoms. The molecule has 38 heavy (non-hydrogen) atoms. The second-order valence-corrected chi connectivity index (χ2v) is 11.8. The number of carbonyl (C=O) groups is 2. The van der Waals surface area contributed by atoms with Crippen LogP contribution in [-0.4, -0.2) is 25.2 Å². The van der Waals surface area contributed by atoms with Gasteiger partial charge in [-0.3, -0.25) is 9.59 Å². The van der Waals surface area contributed by atoms with E-state index in [1.165, 1.54) is 109 Å². The van der Waals surface area contributed by atoms with Gasteiger partial charge in [0, 0.05) is 6.42 Å². The van der Waals surface area contributed by atoms with E-state index in [0.717, 1.165) is 38.5 Å². The van der Waals surface area contributed by atoms with Crippen molar-refractivity contribution in [2.45, 2.75) is 182 Å². The summed E-state index contributed by atoms with van der Waals surface area (Å²) in [4.78, 5) is 24.3. The first-order valence-corrected chi connectivity index (χ1v) is 16.8. The smallest absolute Gasteiger partial charge is 0.309 e. The largest absolute Gasteiger partial charge is 0.466 e. The van der Waals surface area contributed by atoms with Crippen molar-refractivity contribution in [2.75, 3.05) is 13.2 Å². The third-order valence-corrected chi connectivity index (χ3v) is 7.76. The molecule has 0 heterocycles. The standard InChI is InChI=1S/C34H66O4/c1-5-7-9-11-21-25-29-37-33(35)28-24-20-18-16-14-13-15-17-19-23-27-32(31(3)4)34(36)38-30-26-22-12-10-8-6-2/h31-32H,5-30H2,1-4H3. The van der Waals surface area contributed by atoms with Crippen molar-refractivity contribution in [2.24, 2.45) is 11.8 Å². The molecule has 0 aromatic rings. The molecule has 0 amide bonds. The van der Waals surface area contributed by atoms with Crippen molar-refractivity contribution < 1.29 is 19.1 Å². The molecule has 0 rings (SSSR count). The lowest BCUT2D eigenvalue weighted by Crippen LogP contribution is -2.23. The fraction of sp³-hybridized carbons (Fsp3) is 0.941. The molecular weight excluding hydrogens is 472 g/mol. The van der Waals surface area contributed by atoms with Gasteiger partial charge in [-0.2, -0.15) is 0 Å². The van der Waals surface area contributed by atoms with Gasteiger partial charge in [0.1, 0.15) is 0 Å². The van der Waals surface area contributed by atoms with Gasteiger partial charge in [0.2, 0.25) is 0 Å². The first kappa shape index (κ1) is 36.9. The number of hydrogen-bond acceptors (Lipinski definition) is 4. The summed E-state index contributed by atoms with van der Waals surface area (Å²) in [5, 5.41) is 0. The van der Waals surface area contributed by atoms with Crippen LogP contribution in [0.5, 0.6) is 0 Å². The van der Waals surface area contributed by atoms with Crippen LogP contribution >= 0.6 is 0 Å². The Kier molecular flexibility index (Phi) is 28.1. The molecule has 0 saturated heterocycles. The first-order valence-electron chi connectivity index (χ1n) is 16.8. The zero-order valence-electron chi connectivity index (χ0n) is 26.2. The third-order valence-electron chi connectivity index (χ3n) is 7.76. The normalized spacial score (nSPS) is 12.1. The number of unbranched alkanes of at least 4 members (excludes halogenated alkanes) is 19. The van der Waals surface area contributed by atoms with Crippen LogP contribution < -0.4 is 0 Å². The molecule has 1 unspecified atom stereocenters. The summed E-state index contributed by atoms with van der Waals surface area (Å²) in [5.74, 6) is 0.432. The zero-order chi connectivity index (χ0) is 28.1. The predicted octanol–water partition coefficient (Wildman–Crippen LogP) is 10.7. The molecule has 0 aliphatic carbocycles. The van der Waals surface area contributed by atoms with Crippen LogP contribution in [0.2, 0.25) is 0 Å². The Morgan fingerprint density at radius 3 is 1.37 bits per heavy atom. The Morgan fingerprint density at radius 2 is 0.895 bits per heavy atom. The lowest BCUT2D eigenvalue weighted by molar-refractivity contribution is -0.150. The van der Waals surface area contributed by atoms with Crippen molar-refractivity contribution in [1.29, 1.82) is 0 Å². The number of ether oxygens (including phenoxy) is 2. The molecule has 0 bridgehead atoms. The van der Waals surface area contributed by atoms with Gasteiger partial charge in [-0.05, 0) is 31.6 Å². The summed E-state index contributed by atoms with van der Waals surface area (Å²) in [6, 6.07) is 0. The van der Waals surface area contributed by atoms with Gasteiger partial charge in [-0.15, -0.1) is 0 Å². The minimum Gasteiger partial charge on any atom is -0.466 e. The molecule has 0 N–H and O–H groups in total. The lowest BCUT2D eigenvalue weighted by Gasteiger charge is -2.19. The highest BCUT2D eigenvalue weighted by atomic mass is 16.5. The molecule has 0 aromatic carbocycles. The molecule has 226 valence electrons. The van der Waals surface area contributed by atoms with Gasteiger partial charge < -0.3 is 9.47 Å². The highest BCUT2D eigenvalue weighted by Crippen LogP contribution is 2.22. The first-order chi connectivity index (χ1) is 18.5. The van der Waals surface area contributed by atoms with E-state index in [-0.39, 0.29) is 17.9 Å². The number of esters is 2. The van der Waals surface area contributed by atoms with Gasteiger partial charge in [-0.25, -0.2) is 0 Å². The summed E-state index contributed by atoms with van der Waals surface area (Å²) in [5.41, 5.74) is 0. The van der Waals surface area contributed by atoms with E-state index < -0.39 is 0 Å². The number of hydrogen-bond donors (Lipinski definition) is 0. The van der Waals surface area contributed by atoms with Gasteiger partial charge in [0.15, 0.2) is 0 Å². The van der Waals surface area contributed by atoms with E-state index in [2.05, 4.69) is 27.7 Å². The third kappa shape index (κ3) is 25.2. The van der Waals surface area contributed by atoms with Crippen molar-refractivity contribution in [3.8, 4) is 0 Å². The SMILES string of the molecule is CCCCCCCCOC(=O)CCCCCCCCCCCCC(C(=O)OCCCCCCCC)C(C)C. The van der Waals surface area contributed by atoms with Crippen molar-refractivity contribution >= 4 is 11.9 Å². The summed E-state index contributed by atoms with van der Waals surface area (Å²) in [6.45, 7) is 9.96. The number of rotatable bonds is 29. The van der Waals surface area contributed by atoms with Crippen LogP contribution in [0.1, 0.15) is 182 Å². The molecule has 0 spiro atoms. The Morgan fingerprint density at radius 1 is 0.500 bits per heavy atom. The van der Waals surface area contributed by atoms with E-state index in [1.807, 2.05) is 0 Å². The number of carbonyl (C=O) groups excluding carboxylic acids is 2. The van der Waals surface area contributed by atoms with Crippen LogP contribution in [0.3, 0.4) is 0 Å². The fourth-order valence-corrected chi connectivity index (χ4v) is 5.07.